The standard InChI is InChI=1S/C18H16N4O3S/c1-10(16(24)20-13-8-4-2-6-11(13)15(19)23)26-18-21-14-9-5-3-7-12(14)17(25)22-18/h2-10H,1H3,(H2,19,23)(H,20,24)(H,21,22,25). The number of fused-ring (bicyclic) bond motifs is 1. The van der Waals surface area contributed by atoms with Gasteiger partial charge in [0.25, 0.3) is 11.5 Å². The number of thioether (sulfide) groups is 1. The average molecular weight is 368 g/mol. The maximum atomic E-state index is 12.4. The summed E-state index contributed by atoms with van der Waals surface area (Å²) < 4.78 is 0. The largest absolute Gasteiger partial charge is 0.366 e. The van der Waals surface area contributed by atoms with Gasteiger partial charge in [-0.05, 0) is 31.2 Å². The number of anilines is 1. The Morgan fingerprint density at radius 1 is 1.15 bits per heavy atom. The van der Waals surface area contributed by atoms with E-state index in [1.54, 1.807) is 49.4 Å². The third-order valence-electron chi connectivity index (χ3n) is 3.70. The number of para-hydroxylation sites is 2. The summed E-state index contributed by atoms with van der Waals surface area (Å²) in [4.78, 5) is 43.0. The van der Waals surface area contributed by atoms with Crippen molar-refractivity contribution in [2.45, 2.75) is 17.3 Å². The number of carbonyl (C=O) groups excluding carboxylic acids is 2. The van der Waals surface area contributed by atoms with E-state index in [4.69, 9.17) is 5.73 Å². The second-order valence-corrected chi connectivity index (χ2v) is 6.88. The summed E-state index contributed by atoms with van der Waals surface area (Å²) in [5.74, 6) is -0.957. The molecule has 0 fully saturated rings. The van der Waals surface area contributed by atoms with Crippen molar-refractivity contribution in [3.05, 3.63) is 64.4 Å². The summed E-state index contributed by atoms with van der Waals surface area (Å²) in [6.45, 7) is 1.68. The number of aromatic nitrogens is 2. The van der Waals surface area contributed by atoms with Gasteiger partial charge in [-0.25, -0.2) is 4.98 Å². The molecule has 0 bridgehead atoms. The van der Waals surface area contributed by atoms with Gasteiger partial charge >= 0.3 is 0 Å². The Labute approximate surface area is 153 Å². The van der Waals surface area contributed by atoms with Crippen molar-refractivity contribution in [1.82, 2.24) is 9.97 Å². The Bertz CT molecular complexity index is 1050. The first-order valence-electron chi connectivity index (χ1n) is 7.81. The molecule has 8 heteroatoms. The topological polar surface area (TPSA) is 118 Å². The zero-order valence-corrected chi connectivity index (χ0v) is 14.7. The van der Waals surface area contributed by atoms with Crippen LogP contribution in [0, 0.1) is 0 Å². The van der Waals surface area contributed by atoms with E-state index in [2.05, 4.69) is 15.3 Å². The molecule has 132 valence electrons. The van der Waals surface area contributed by atoms with Crippen LogP contribution < -0.4 is 16.6 Å². The van der Waals surface area contributed by atoms with Crippen molar-refractivity contribution in [2.75, 3.05) is 5.32 Å². The first-order valence-corrected chi connectivity index (χ1v) is 8.69. The average Bonchev–Trinajstić information content (AvgIpc) is 2.62. The summed E-state index contributed by atoms with van der Waals surface area (Å²) in [5.41, 5.74) is 6.19. The highest BCUT2D eigenvalue weighted by molar-refractivity contribution is 8.00. The number of nitrogens with two attached hydrogens (primary N) is 1. The summed E-state index contributed by atoms with van der Waals surface area (Å²) in [7, 11) is 0. The smallest absolute Gasteiger partial charge is 0.259 e. The second-order valence-electron chi connectivity index (χ2n) is 5.55. The van der Waals surface area contributed by atoms with Gasteiger partial charge in [0.1, 0.15) is 0 Å². The highest BCUT2D eigenvalue weighted by atomic mass is 32.2. The van der Waals surface area contributed by atoms with Crippen LogP contribution in [0.3, 0.4) is 0 Å². The van der Waals surface area contributed by atoms with Crippen molar-refractivity contribution in [1.29, 1.82) is 0 Å². The molecule has 1 aromatic heterocycles. The van der Waals surface area contributed by atoms with Crippen LogP contribution in [0.4, 0.5) is 5.69 Å². The van der Waals surface area contributed by atoms with E-state index in [-0.39, 0.29) is 17.0 Å². The molecule has 2 aromatic carbocycles. The summed E-state index contributed by atoms with van der Waals surface area (Å²) in [5, 5.41) is 2.96. The number of nitrogens with zero attached hydrogens (tertiary/aromatic N) is 1. The van der Waals surface area contributed by atoms with E-state index < -0.39 is 11.2 Å². The van der Waals surface area contributed by atoms with E-state index >= 15 is 0 Å². The Morgan fingerprint density at radius 3 is 2.62 bits per heavy atom. The highest BCUT2D eigenvalue weighted by Gasteiger charge is 2.18. The fraction of sp³-hybridized carbons (Fsp3) is 0.111. The highest BCUT2D eigenvalue weighted by Crippen LogP contribution is 2.22. The maximum absolute atomic E-state index is 12.4. The molecule has 0 spiro atoms. The number of nitrogens with one attached hydrogen (secondary N) is 2. The first kappa shape index (κ1) is 17.7. The molecule has 3 aromatic rings. The molecular formula is C18H16N4O3S. The Hall–Kier alpha value is -3.13. The van der Waals surface area contributed by atoms with Crippen LogP contribution in [0.1, 0.15) is 17.3 Å². The second kappa shape index (κ2) is 7.40. The van der Waals surface area contributed by atoms with Crippen LogP contribution in [-0.2, 0) is 4.79 Å². The zero-order chi connectivity index (χ0) is 18.7. The van der Waals surface area contributed by atoms with Gasteiger partial charge in [0.05, 0.1) is 27.4 Å². The van der Waals surface area contributed by atoms with Crippen LogP contribution in [0.15, 0.2) is 58.5 Å². The molecule has 0 saturated carbocycles. The van der Waals surface area contributed by atoms with Crippen LogP contribution in [0.2, 0.25) is 0 Å². The molecule has 0 aliphatic heterocycles. The van der Waals surface area contributed by atoms with Crippen molar-refractivity contribution < 1.29 is 9.59 Å². The van der Waals surface area contributed by atoms with E-state index in [0.717, 1.165) is 11.8 Å². The number of amides is 2. The van der Waals surface area contributed by atoms with Crippen LogP contribution in [0.25, 0.3) is 10.9 Å². The van der Waals surface area contributed by atoms with Crippen molar-refractivity contribution in [2.24, 2.45) is 5.73 Å². The van der Waals surface area contributed by atoms with Gasteiger partial charge in [-0.2, -0.15) is 0 Å². The number of carbonyl (C=O) groups is 2. The number of primary amides is 1. The van der Waals surface area contributed by atoms with E-state index in [9.17, 15) is 14.4 Å². The number of hydrogen-bond donors (Lipinski definition) is 3. The SMILES string of the molecule is CC(Sc1nc2ccccc2c(=O)[nH]1)C(=O)Nc1ccccc1C(N)=O. The summed E-state index contributed by atoms with van der Waals surface area (Å²) >= 11 is 1.12. The Kier molecular flexibility index (Phi) is 5.04. The maximum Gasteiger partial charge on any atom is 0.259 e. The van der Waals surface area contributed by atoms with Crippen LogP contribution in [0.5, 0.6) is 0 Å². The lowest BCUT2D eigenvalue weighted by atomic mass is 10.1. The van der Waals surface area contributed by atoms with E-state index in [1.165, 1.54) is 6.07 Å². The van der Waals surface area contributed by atoms with Gasteiger partial charge < -0.3 is 16.0 Å². The molecule has 7 nitrogen and oxygen atoms in total. The molecule has 2 amide bonds. The van der Waals surface area contributed by atoms with Gasteiger partial charge in [-0.1, -0.05) is 36.0 Å². The fourth-order valence-electron chi connectivity index (χ4n) is 2.38. The molecule has 26 heavy (non-hydrogen) atoms. The minimum atomic E-state index is -0.623. The Balaban J connectivity index is 1.78. The molecule has 0 radical (unpaired) electrons. The lowest BCUT2D eigenvalue weighted by Gasteiger charge is -2.13. The molecule has 1 heterocycles. The molecule has 4 N–H and O–H groups in total. The number of benzene rings is 2. The number of hydrogen-bond acceptors (Lipinski definition) is 5. The van der Waals surface area contributed by atoms with E-state index in [1.807, 2.05) is 0 Å². The fourth-order valence-corrected chi connectivity index (χ4v) is 3.19. The molecule has 1 unspecified atom stereocenters. The number of aromatic amines is 1. The van der Waals surface area contributed by atoms with Crippen molar-refractivity contribution in [3.8, 4) is 0 Å². The summed E-state index contributed by atoms with van der Waals surface area (Å²) in [6.07, 6.45) is 0. The molecule has 0 aliphatic rings. The van der Waals surface area contributed by atoms with Gasteiger partial charge in [0.2, 0.25) is 5.91 Å². The minimum Gasteiger partial charge on any atom is -0.366 e. The normalized spacial score (nSPS) is 11.9. The van der Waals surface area contributed by atoms with E-state index in [0.29, 0.717) is 21.7 Å². The van der Waals surface area contributed by atoms with Crippen molar-refractivity contribution >= 4 is 40.2 Å². The molecule has 0 saturated heterocycles. The number of rotatable bonds is 5. The third kappa shape index (κ3) is 3.75. The van der Waals surface area contributed by atoms with Crippen LogP contribution in [-0.4, -0.2) is 27.0 Å². The predicted octanol–water partition coefficient (Wildman–Crippen LogP) is 2.14. The first-order chi connectivity index (χ1) is 12.5. The lowest BCUT2D eigenvalue weighted by molar-refractivity contribution is -0.115. The monoisotopic (exact) mass is 368 g/mol. The van der Waals surface area contributed by atoms with Gasteiger partial charge in [-0.15, -0.1) is 0 Å². The molecule has 3 rings (SSSR count). The number of H-pyrrole nitrogens is 1. The lowest BCUT2D eigenvalue weighted by Crippen LogP contribution is -2.25. The third-order valence-corrected chi connectivity index (χ3v) is 4.68. The Morgan fingerprint density at radius 2 is 1.85 bits per heavy atom. The van der Waals surface area contributed by atoms with Gasteiger partial charge in [0.15, 0.2) is 5.16 Å². The van der Waals surface area contributed by atoms with Gasteiger partial charge in [0, 0.05) is 0 Å². The summed E-state index contributed by atoms with van der Waals surface area (Å²) in [6, 6.07) is 13.5. The minimum absolute atomic E-state index is 0.232. The van der Waals surface area contributed by atoms with Crippen LogP contribution >= 0.6 is 11.8 Å². The van der Waals surface area contributed by atoms with Crippen molar-refractivity contribution in [3.63, 3.8) is 0 Å². The molecule has 1 atom stereocenters. The molecular weight excluding hydrogens is 352 g/mol. The zero-order valence-electron chi connectivity index (χ0n) is 13.9. The quantitative estimate of drug-likeness (QED) is 0.471. The van der Waals surface area contributed by atoms with Gasteiger partial charge in [-0.3, -0.25) is 14.4 Å². The molecule has 0 aliphatic carbocycles. The predicted molar refractivity (Wildman–Crippen MR) is 101 cm³/mol.